The first-order valence-electron chi connectivity index (χ1n) is 4.92. The van der Waals surface area contributed by atoms with Crippen molar-refractivity contribution in [2.24, 2.45) is 0 Å². The van der Waals surface area contributed by atoms with Gasteiger partial charge in [0, 0.05) is 3.57 Å². The summed E-state index contributed by atoms with van der Waals surface area (Å²) in [6, 6.07) is 19.4. The number of halogens is 1. The number of fused-ring (bicyclic) bond motifs is 3. The minimum Gasteiger partial charge on any atom is -0.0616 e. The zero-order chi connectivity index (χ0) is 10.3. The minimum atomic E-state index is 1.32. The Hall–Kier alpha value is -1.09. The SMILES string of the molecule is Ic1cc2ccccc2c2ccccc12. The number of benzene rings is 3. The molecule has 0 N–H and O–H groups in total. The van der Waals surface area contributed by atoms with Crippen LogP contribution >= 0.6 is 22.6 Å². The molecule has 0 nitrogen and oxygen atoms in total. The van der Waals surface area contributed by atoms with Crippen molar-refractivity contribution in [3.05, 3.63) is 58.2 Å². The van der Waals surface area contributed by atoms with Crippen LogP contribution in [-0.4, -0.2) is 0 Å². The molecule has 0 spiro atoms. The second-order valence-corrected chi connectivity index (χ2v) is 4.79. The Morgan fingerprint density at radius 1 is 0.667 bits per heavy atom. The standard InChI is InChI=1S/C14H9I/c15-14-9-10-5-1-2-6-11(10)12-7-3-4-8-13(12)14/h1-9H. The van der Waals surface area contributed by atoms with Crippen LogP contribution in [0.1, 0.15) is 0 Å². The first-order valence-corrected chi connectivity index (χ1v) is 6.00. The fraction of sp³-hybridized carbons (Fsp3) is 0. The molecule has 1 heteroatoms. The van der Waals surface area contributed by atoms with E-state index in [-0.39, 0.29) is 0 Å². The Balaban J connectivity index is 2.64. The summed E-state index contributed by atoms with van der Waals surface area (Å²) in [4.78, 5) is 0. The molecule has 0 aliphatic carbocycles. The molecule has 3 aromatic carbocycles. The highest BCUT2D eigenvalue weighted by atomic mass is 127. The van der Waals surface area contributed by atoms with E-state index in [0.29, 0.717) is 0 Å². The maximum Gasteiger partial charge on any atom is 0.0215 e. The lowest BCUT2D eigenvalue weighted by molar-refractivity contribution is 1.73. The summed E-state index contributed by atoms with van der Waals surface area (Å²) in [6.07, 6.45) is 0. The monoisotopic (exact) mass is 304 g/mol. The highest BCUT2D eigenvalue weighted by Gasteiger charge is 2.02. The fourth-order valence-corrected chi connectivity index (χ4v) is 2.81. The zero-order valence-electron chi connectivity index (χ0n) is 8.07. The lowest BCUT2D eigenvalue weighted by Gasteiger charge is -2.05. The molecule has 0 saturated heterocycles. The molecule has 0 aliphatic rings. The summed E-state index contributed by atoms with van der Waals surface area (Å²) >= 11 is 2.41. The van der Waals surface area contributed by atoms with Gasteiger partial charge in [-0.05, 0) is 50.2 Å². The van der Waals surface area contributed by atoms with Crippen molar-refractivity contribution in [1.29, 1.82) is 0 Å². The van der Waals surface area contributed by atoms with E-state index in [0.717, 1.165) is 0 Å². The molecule has 0 aromatic heterocycles. The van der Waals surface area contributed by atoms with Gasteiger partial charge in [-0.2, -0.15) is 0 Å². The molecule has 0 radical (unpaired) electrons. The van der Waals surface area contributed by atoms with Gasteiger partial charge in [0.1, 0.15) is 0 Å². The van der Waals surface area contributed by atoms with E-state index in [1.54, 1.807) is 0 Å². The van der Waals surface area contributed by atoms with Crippen LogP contribution < -0.4 is 0 Å². The zero-order valence-corrected chi connectivity index (χ0v) is 10.2. The maximum atomic E-state index is 2.41. The van der Waals surface area contributed by atoms with Crippen LogP contribution in [0.4, 0.5) is 0 Å². The second-order valence-electron chi connectivity index (χ2n) is 3.63. The van der Waals surface area contributed by atoms with Gasteiger partial charge < -0.3 is 0 Å². The molecule has 0 amide bonds. The van der Waals surface area contributed by atoms with E-state index < -0.39 is 0 Å². The second kappa shape index (κ2) is 3.49. The van der Waals surface area contributed by atoms with Crippen LogP contribution in [0.2, 0.25) is 0 Å². The van der Waals surface area contributed by atoms with Gasteiger partial charge in [-0.15, -0.1) is 0 Å². The van der Waals surface area contributed by atoms with E-state index in [4.69, 9.17) is 0 Å². The Morgan fingerprint density at radius 2 is 1.27 bits per heavy atom. The van der Waals surface area contributed by atoms with Crippen LogP contribution in [0.3, 0.4) is 0 Å². The first-order chi connectivity index (χ1) is 7.36. The van der Waals surface area contributed by atoms with Gasteiger partial charge in [-0.3, -0.25) is 0 Å². The quantitative estimate of drug-likeness (QED) is 0.421. The predicted molar refractivity (Wildman–Crippen MR) is 74.2 cm³/mol. The van der Waals surface area contributed by atoms with Gasteiger partial charge in [-0.1, -0.05) is 48.5 Å². The average Bonchev–Trinajstić information content (AvgIpc) is 2.30. The molecule has 0 fully saturated rings. The van der Waals surface area contributed by atoms with Crippen molar-refractivity contribution in [3.63, 3.8) is 0 Å². The molecular formula is C14H9I. The van der Waals surface area contributed by atoms with E-state index in [1.807, 2.05) is 0 Å². The average molecular weight is 304 g/mol. The third-order valence-corrected chi connectivity index (χ3v) is 3.61. The fourth-order valence-electron chi connectivity index (χ4n) is 2.01. The van der Waals surface area contributed by atoms with E-state index in [1.165, 1.54) is 25.1 Å². The molecule has 72 valence electrons. The van der Waals surface area contributed by atoms with Gasteiger partial charge >= 0.3 is 0 Å². The Kier molecular flexibility index (Phi) is 2.13. The van der Waals surface area contributed by atoms with Gasteiger partial charge in [-0.25, -0.2) is 0 Å². The summed E-state index contributed by atoms with van der Waals surface area (Å²) in [5.74, 6) is 0. The van der Waals surface area contributed by atoms with E-state index >= 15 is 0 Å². The van der Waals surface area contributed by atoms with Crippen LogP contribution in [0.15, 0.2) is 54.6 Å². The number of hydrogen-bond acceptors (Lipinski definition) is 0. The van der Waals surface area contributed by atoms with Gasteiger partial charge in [0.25, 0.3) is 0 Å². The molecule has 0 atom stereocenters. The first kappa shape index (κ1) is 9.16. The molecule has 0 aliphatic heterocycles. The molecular weight excluding hydrogens is 295 g/mol. The maximum absolute atomic E-state index is 2.41. The summed E-state index contributed by atoms with van der Waals surface area (Å²) < 4.78 is 1.32. The molecule has 0 bridgehead atoms. The Morgan fingerprint density at radius 3 is 2.07 bits per heavy atom. The van der Waals surface area contributed by atoms with Crippen LogP contribution in [-0.2, 0) is 0 Å². The van der Waals surface area contributed by atoms with Crippen molar-refractivity contribution < 1.29 is 0 Å². The molecule has 0 unspecified atom stereocenters. The minimum absolute atomic E-state index is 1.32. The topological polar surface area (TPSA) is 0 Å². The van der Waals surface area contributed by atoms with Crippen molar-refractivity contribution in [2.75, 3.05) is 0 Å². The molecule has 3 rings (SSSR count). The molecule has 3 aromatic rings. The van der Waals surface area contributed by atoms with Crippen LogP contribution in [0.5, 0.6) is 0 Å². The van der Waals surface area contributed by atoms with Crippen LogP contribution in [0, 0.1) is 3.57 Å². The summed E-state index contributed by atoms with van der Waals surface area (Å²) in [7, 11) is 0. The Labute approximate surface area is 102 Å². The van der Waals surface area contributed by atoms with E-state index in [2.05, 4.69) is 77.2 Å². The summed E-state index contributed by atoms with van der Waals surface area (Å²) in [6.45, 7) is 0. The highest BCUT2D eigenvalue weighted by Crippen LogP contribution is 2.29. The van der Waals surface area contributed by atoms with Crippen LogP contribution in [0.25, 0.3) is 21.5 Å². The lowest BCUT2D eigenvalue weighted by Crippen LogP contribution is -1.80. The molecule has 0 heterocycles. The normalized spacial score (nSPS) is 11.0. The molecule has 15 heavy (non-hydrogen) atoms. The van der Waals surface area contributed by atoms with Gasteiger partial charge in [0.05, 0.1) is 0 Å². The number of hydrogen-bond donors (Lipinski definition) is 0. The molecule has 0 saturated carbocycles. The lowest BCUT2D eigenvalue weighted by atomic mass is 10.0. The third kappa shape index (κ3) is 1.42. The summed E-state index contributed by atoms with van der Waals surface area (Å²) in [5, 5.41) is 5.35. The third-order valence-electron chi connectivity index (χ3n) is 2.72. The van der Waals surface area contributed by atoms with Crippen molar-refractivity contribution in [3.8, 4) is 0 Å². The van der Waals surface area contributed by atoms with Gasteiger partial charge in [0.2, 0.25) is 0 Å². The van der Waals surface area contributed by atoms with Gasteiger partial charge in [0.15, 0.2) is 0 Å². The van der Waals surface area contributed by atoms with Crippen molar-refractivity contribution in [1.82, 2.24) is 0 Å². The van der Waals surface area contributed by atoms with E-state index in [9.17, 15) is 0 Å². The smallest absolute Gasteiger partial charge is 0.0215 e. The van der Waals surface area contributed by atoms with Crippen molar-refractivity contribution in [2.45, 2.75) is 0 Å². The van der Waals surface area contributed by atoms with Crippen molar-refractivity contribution >= 4 is 44.1 Å². The Bertz CT molecular complexity index is 641. The number of rotatable bonds is 0. The predicted octanol–water partition coefficient (Wildman–Crippen LogP) is 4.60. The highest BCUT2D eigenvalue weighted by molar-refractivity contribution is 14.1. The largest absolute Gasteiger partial charge is 0.0616 e. The summed E-state index contributed by atoms with van der Waals surface area (Å²) in [5.41, 5.74) is 0.